The molecule has 0 bridgehead atoms. The summed E-state index contributed by atoms with van der Waals surface area (Å²) in [6.45, 7) is 3.98. The van der Waals surface area contributed by atoms with Crippen LogP contribution in [0.4, 0.5) is 0 Å². The fourth-order valence-electron chi connectivity index (χ4n) is 5.83. The first-order valence-electron chi connectivity index (χ1n) is 13.9. The number of sulfonamides is 1. The third-order valence-corrected chi connectivity index (χ3v) is 11.1. The minimum absolute atomic E-state index is 0.0316. The van der Waals surface area contributed by atoms with Crippen molar-refractivity contribution in [3.05, 3.63) is 69.2 Å². The molecule has 14 heteroatoms. The molecule has 44 heavy (non-hydrogen) atoms. The van der Waals surface area contributed by atoms with E-state index in [1.165, 1.54) is 27.9 Å². The zero-order chi connectivity index (χ0) is 31.3. The molecule has 2 atom stereocenters. The molecular formula is C30H30ClN5O6S2. The Kier molecular flexibility index (Phi) is 7.99. The first kappa shape index (κ1) is 30.3. The van der Waals surface area contributed by atoms with Crippen LogP contribution >= 0.6 is 22.9 Å². The predicted molar refractivity (Wildman–Crippen MR) is 167 cm³/mol. The lowest BCUT2D eigenvalue weighted by atomic mass is 9.84. The summed E-state index contributed by atoms with van der Waals surface area (Å²) in [5, 5.41) is 21.5. The van der Waals surface area contributed by atoms with Crippen molar-refractivity contribution >= 4 is 60.0 Å². The number of thiophene rings is 1. The van der Waals surface area contributed by atoms with Crippen molar-refractivity contribution in [3.63, 3.8) is 0 Å². The Labute approximate surface area is 263 Å². The van der Waals surface area contributed by atoms with Crippen molar-refractivity contribution in [3.8, 4) is 11.6 Å². The van der Waals surface area contributed by atoms with Gasteiger partial charge in [-0.05, 0) is 70.6 Å². The van der Waals surface area contributed by atoms with E-state index in [4.69, 9.17) is 21.1 Å². The van der Waals surface area contributed by atoms with E-state index in [-0.39, 0.29) is 35.3 Å². The van der Waals surface area contributed by atoms with Gasteiger partial charge in [-0.25, -0.2) is 18.1 Å². The van der Waals surface area contributed by atoms with E-state index in [1.54, 1.807) is 18.8 Å². The second kappa shape index (κ2) is 11.6. The molecule has 2 aromatic carbocycles. The van der Waals surface area contributed by atoms with Crippen molar-refractivity contribution in [2.45, 2.75) is 50.2 Å². The Morgan fingerprint density at radius 3 is 2.82 bits per heavy atom. The van der Waals surface area contributed by atoms with Gasteiger partial charge in [-0.1, -0.05) is 29.8 Å². The van der Waals surface area contributed by atoms with E-state index in [9.17, 15) is 18.3 Å². The molecule has 6 rings (SSSR count). The highest BCUT2D eigenvalue weighted by molar-refractivity contribution is 7.89. The largest absolute Gasteiger partial charge is 0.494 e. The number of aromatic nitrogens is 4. The molecule has 1 unspecified atom stereocenters. The molecule has 3 aromatic heterocycles. The number of aryl methyl sites for hydroxylation is 2. The normalized spacial score (nSPS) is 17.2. The van der Waals surface area contributed by atoms with Crippen LogP contribution in [0.3, 0.4) is 0 Å². The first-order valence-corrected chi connectivity index (χ1v) is 16.6. The maximum absolute atomic E-state index is 14.0. The van der Waals surface area contributed by atoms with Crippen LogP contribution in [-0.4, -0.2) is 63.5 Å². The van der Waals surface area contributed by atoms with Crippen LogP contribution in [0.2, 0.25) is 5.02 Å². The molecule has 1 aliphatic rings. The number of halogens is 1. The van der Waals surface area contributed by atoms with Crippen molar-refractivity contribution in [2.75, 3.05) is 13.7 Å². The van der Waals surface area contributed by atoms with Gasteiger partial charge in [0, 0.05) is 30.4 Å². The molecule has 4 heterocycles. The minimum atomic E-state index is -4.04. The van der Waals surface area contributed by atoms with Gasteiger partial charge in [-0.15, -0.1) is 16.4 Å². The van der Waals surface area contributed by atoms with E-state index in [0.29, 0.717) is 23.2 Å². The van der Waals surface area contributed by atoms with Crippen molar-refractivity contribution in [2.24, 2.45) is 7.05 Å². The first-order chi connectivity index (χ1) is 21.0. The summed E-state index contributed by atoms with van der Waals surface area (Å²) in [6, 6.07) is 9.06. The summed E-state index contributed by atoms with van der Waals surface area (Å²) in [4.78, 5) is 16.3. The number of hydrogen-bond acceptors (Lipinski definition) is 9. The molecule has 11 nitrogen and oxygen atoms in total. The Balaban J connectivity index is 1.50. The summed E-state index contributed by atoms with van der Waals surface area (Å²) in [6.07, 6.45) is 1.32. The predicted octanol–water partition coefficient (Wildman–Crippen LogP) is 5.52. The molecule has 0 amide bonds. The third kappa shape index (κ3) is 5.27. The van der Waals surface area contributed by atoms with E-state index in [1.807, 2.05) is 43.5 Å². The smallest absolute Gasteiger partial charge is 0.304 e. The molecule has 1 aliphatic heterocycles. The standard InChI is InChI=1S/C30H30ClN5O6S2/c1-5-21-15-36(44(39,40)25-10-20(31)13-32-30(25)42-21)14-19-9-18(8-17-6-7-43-29(17)19)23(12-26(37)38)22-11-24(41-4)28-27(16(22)2)33-34-35(28)3/h6-11,13,21,23H,5,12,14-15H2,1-4H3,(H,37,38)/t21-,23?/m1/s1. The molecule has 5 aromatic rings. The van der Waals surface area contributed by atoms with Crippen LogP contribution in [-0.2, 0) is 28.4 Å². The highest BCUT2D eigenvalue weighted by Gasteiger charge is 2.36. The zero-order valence-electron chi connectivity index (χ0n) is 24.4. The van der Waals surface area contributed by atoms with E-state index in [2.05, 4.69) is 15.3 Å². The Bertz CT molecular complexity index is 2030. The maximum Gasteiger partial charge on any atom is 0.304 e. The average Bonchev–Trinajstić information content (AvgIpc) is 3.61. The summed E-state index contributed by atoms with van der Waals surface area (Å²) in [7, 11) is -0.711. The van der Waals surface area contributed by atoms with Gasteiger partial charge >= 0.3 is 5.97 Å². The van der Waals surface area contributed by atoms with Gasteiger partial charge in [0.2, 0.25) is 15.9 Å². The van der Waals surface area contributed by atoms with Crippen LogP contribution in [0.5, 0.6) is 11.6 Å². The van der Waals surface area contributed by atoms with E-state index >= 15 is 0 Å². The molecule has 0 aliphatic carbocycles. The van der Waals surface area contributed by atoms with Crippen molar-refractivity contribution < 1.29 is 27.8 Å². The van der Waals surface area contributed by atoms with Gasteiger partial charge in [-0.2, -0.15) is 4.31 Å². The lowest BCUT2D eigenvalue weighted by Gasteiger charge is -2.24. The van der Waals surface area contributed by atoms with Gasteiger partial charge in [-0.3, -0.25) is 4.79 Å². The number of benzene rings is 2. The molecular weight excluding hydrogens is 626 g/mol. The van der Waals surface area contributed by atoms with Gasteiger partial charge in [0.15, 0.2) is 0 Å². The summed E-state index contributed by atoms with van der Waals surface area (Å²) >= 11 is 7.66. The summed E-state index contributed by atoms with van der Waals surface area (Å²) in [5.74, 6) is -0.984. The fraction of sp³-hybridized carbons (Fsp3) is 0.333. The Morgan fingerprint density at radius 2 is 2.09 bits per heavy atom. The number of aliphatic carboxylic acids is 1. The maximum atomic E-state index is 14.0. The molecule has 0 fully saturated rings. The number of hydrogen-bond donors (Lipinski definition) is 1. The number of methoxy groups -OCH3 is 1. The number of carboxylic acids is 1. The van der Waals surface area contributed by atoms with Gasteiger partial charge in [0.05, 0.1) is 25.1 Å². The highest BCUT2D eigenvalue weighted by atomic mass is 35.5. The molecule has 230 valence electrons. The quantitative estimate of drug-likeness (QED) is 0.229. The molecule has 0 saturated carbocycles. The molecule has 0 spiro atoms. The Morgan fingerprint density at radius 1 is 1.30 bits per heavy atom. The number of pyridine rings is 1. The van der Waals surface area contributed by atoms with Crippen LogP contribution < -0.4 is 9.47 Å². The van der Waals surface area contributed by atoms with Crippen LogP contribution in [0.1, 0.15) is 47.9 Å². The second-order valence-corrected chi connectivity index (χ2v) is 14.0. The van der Waals surface area contributed by atoms with Crippen molar-refractivity contribution in [1.29, 1.82) is 0 Å². The second-order valence-electron chi connectivity index (χ2n) is 10.8. The van der Waals surface area contributed by atoms with E-state index in [0.717, 1.165) is 32.3 Å². The summed E-state index contributed by atoms with van der Waals surface area (Å²) in [5.41, 5.74) is 4.37. The Hall–Kier alpha value is -3.78. The lowest BCUT2D eigenvalue weighted by Crippen LogP contribution is -2.36. The number of fused-ring (bicyclic) bond motifs is 3. The average molecular weight is 656 g/mol. The minimum Gasteiger partial charge on any atom is -0.494 e. The van der Waals surface area contributed by atoms with E-state index < -0.39 is 28.0 Å². The van der Waals surface area contributed by atoms with Gasteiger partial charge in [0.1, 0.15) is 27.8 Å². The lowest BCUT2D eigenvalue weighted by molar-refractivity contribution is -0.137. The van der Waals surface area contributed by atoms with Crippen LogP contribution in [0.25, 0.3) is 21.1 Å². The monoisotopic (exact) mass is 655 g/mol. The number of rotatable bonds is 8. The van der Waals surface area contributed by atoms with Gasteiger partial charge in [0.25, 0.3) is 0 Å². The topological polar surface area (TPSA) is 137 Å². The zero-order valence-corrected chi connectivity index (χ0v) is 26.8. The number of ether oxygens (including phenoxy) is 2. The molecule has 1 N–H and O–H groups in total. The number of nitrogens with zero attached hydrogens (tertiary/aromatic N) is 5. The SMILES string of the molecule is CC[C@@H]1CN(Cc2cc(C(CC(=O)O)c3cc(OC)c4c(nnn4C)c3C)cc3ccsc23)S(=O)(=O)c2cc(Cl)cnc2O1. The number of carboxylic acid groups (broad SMARTS) is 1. The third-order valence-electron chi connectivity index (χ3n) is 8.05. The molecule has 0 radical (unpaired) electrons. The number of carbonyl (C=O) groups is 1. The highest BCUT2D eigenvalue weighted by Crippen LogP contribution is 2.41. The fourth-order valence-corrected chi connectivity index (χ4v) is 8.49. The van der Waals surface area contributed by atoms with Crippen molar-refractivity contribution in [1.82, 2.24) is 24.3 Å². The van der Waals surface area contributed by atoms with Crippen LogP contribution in [0.15, 0.2) is 46.8 Å². The molecule has 0 saturated heterocycles. The van der Waals surface area contributed by atoms with Crippen LogP contribution in [0, 0.1) is 6.92 Å². The summed E-state index contributed by atoms with van der Waals surface area (Å²) < 4.78 is 43.6. The van der Waals surface area contributed by atoms with Gasteiger partial charge < -0.3 is 14.6 Å².